The zero-order chi connectivity index (χ0) is 12.7. The summed E-state index contributed by atoms with van der Waals surface area (Å²) >= 11 is 1.62. The maximum atomic E-state index is 10.1. The second kappa shape index (κ2) is 4.76. The molecule has 0 aromatic carbocycles. The van der Waals surface area contributed by atoms with Gasteiger partial charge in [-0.3, -0.25) is 4.99 Å². The summed E-state index contributed by atoms with van der Waals surface area (Å²) in [4.78, 5) is 6.36. The summed E-state index contributed by atoms with van der Waals surface area (Å²) < 4.78 is 0. The van der Waals surface area contributed by atoms with Crippen molar-refractivity contribution in [1.29, 1.82) is 0 Å². The van der Waals surface area contributed by atoms with Gasteiger partial charge in [-0.1, -0.05) is 11.8 Å². The van der Waals surface area contributed by atoms with Crippen molar-refractivity contribution < 1.29 is 15.3 Å². The molecule has 0 bridgehead atoms. The Kier molecular flexibility index (Phi) is 3.68. The van der Waals surface area contributed by atoms with Gasteiger partial charge < -0.3 is 20.2 Å². The Morgan fingerprint density at radius 1 is 1.35 bits per heavy atom. The maximum absolute atomic E-state index is 10.1. The van der Waals surface area contributed by atoms with E-state index in [1.165, 1.54) is 0 Å². The number of hydrogen-bond acceptors (Lipinski definition) is 6. The topological polar surface area (TPSA) is 76.3 Å². The zero-order valence-corrected chi connectivity index (χ0v) is 11.1. The summed E-state index contributed by atoms with van der Waals surface area (Å²) in [6.07, 6.45) is -1.68. The van der Waals surface area contributed by atoms with Crippen LogP contribution in [0.5, 0.6) is 0 Å². The summed E-state index contributed by atoms with van der Waals surface area (Å²) in [5, 5.41) is 30.7. The van der Waals surface area contributed by atoms with Crippen LogP contribution in [-0.4, -0.2) is 69.1 Å². The van der Waals surface area contributed by atoms with E-state index >= 15 is 0 Å². The van der Waals surface area contributed by atoms with Crippen LogP contribution in [-0.2, 0) is 0 Å². The van der Waals surface area contributed by atoms with E-state index in [4.69, 9.17) is 0 Å². The molecule has 17 heavy (non-hydrogen) atoms. The molecule has 0 radical (unpaired) electrons. The van der Waals surface area contributed by atoms with Crippen molar-refractivity contribution >= 4 is 16.9 Å². The van der Waals surface area contributed by atoms with Crippen LogP contribution in [0.2, 0.25) is 0 Å². The first-order chi connectivity index (χ1) is 7.91. The van der Waals surface area contributed by atoms with Gasteiger partial charge in [-0.2, -0.15) is 0 Å². The summed E-state index contributed by atoms with van der Waals surface area (Å²) in [7, 11) is 3.83. The number of aliphatic imine (C=N–C) groups is 1. The van der Waals surface area contributed by atoms with Gasteiger partial charge in [-0.25, -0.2) is 0 Å². The van der Waals surface area contributed by atoms with E-state index < -0.39 is 18.3 Å². The van der Waals surface area contributed by atoms with E-state index in [2.05, 4.69) is 4.99 Å². The molecule has 0 aromatic heterocycles. The minimum absolute atomic E-state index is 0.158. The molecule has 1 aliphatic heterocycles. The fourth-order valence-corrected chi connectivity index (χ4v) is 3.84. The molecule has 2 aliphatic rings. The standard InChI is InChI=1S/C11H20N2O3S/c1-5(14)6-4-7-8(10(16)9(6)15)12-11(17-7)13(2)3/h5-10,14-16H,4H2,1-3H3/t5-,6?,7?,8?,9?,10?/m1/s1. The number of aliphatic hydroxyl groups excluding tert-OH is 3. The second-order valence-electron chi connectivity index (χ2n) is 5.07. The van der Waals surface area contributed by atoms with Crippen molar-refractivity contribution in [3.05, 3.63) is 0 Å². The van der Waals surface area contributed by atoms with E-state index in [9.17, 15) is 15.3 Å². The third-order valence-electron chi connectivity index (χ3n) is 3.54. The minimum atomic E-state index is -0.887. The van der Waals surface area contributed by atoms with Crippen LogP contribution in [0.25, 0.3) is 0 Å². The van der Waals surface area contributed by atoms with Crippen molar-refractivity contribution in [3.8, 4) is 0 Å². The van der Waals surface area contributed by atoms with Crippen molar-refractivity contribution in [3.63, 3.8) is 0 Å². The molecule has 3 N–H and O–H groups in total. The predicted molar refractivity (Wildman–Crippen MR) is 68.1 cm³/mol. The highest BCUT2D eigenvalue weighted by Crippen LogP contribution is 2.41. The van der Waals surface area contributed by atoms with Crippen LogP contribution < -0.4 is 0 Å². The van der Waals surface area contributed by atoms with E-state index in [1.807, 2.05) is 19.0 Å². The Morgan fingerprint density at radius 2 is 2.00 bits per heavy atom. The molecule has 1 aliphatic carbocycles. The Bertz CT molecular complexity index is 322. The highest BCUT2D eigenvalue weighted by Gasteiger charge is 2.48. The van der Waals surface area contributed by atoms with Gasteiger partial charge in [0.1, 0.15) is 6.10 Å². The van der Waals surface area contributed by atoms with Gasteiger partial charge in [0, 0.05) is 25.3 Å². The molecule has 0 spiro atoms. The molecule has 2 rings (SSSR count). The third kappa shape index (κ3) is 2.31. The van der Waals surface area contributed by atoms with Crippen LogP contribution in [0, 0.1) is 5.92 Å². The largest absolute Gasteiger partial charge is 0.393 e. The molecule has 1 heterocycles. The van der Waals surface area contributed by atoms with Crippen molar-refractivity contribution in [1.82, 2.24) is 4.90 Å². The smallest absolute Gasteiger partial charge is 0.159 e. The van der Waals surface area contributed by atoms with Crippen molar-refractivity contribution in [2.45, 2.75) is 42.9 Å². The van der Waals surface area contributed by atoms with Gasteiger partial charge in [-0.15, -0.1) is 0 Å². The number of rotatable bonds is 1. The van der Waals surface area contributed by atoms with Gasteiger partial charge in [0.2, 0.25) is 0 Å². The Labute approximate surface area is 106 Å². The molecule has 0 saturated heterocycles. The molecule has 0 amide bonds. The average Bonchev–Trinajstić information content (AvgIpc) is 2.67. The number of fused-ring (bicyclic) bond motifs is 1. The van der Waals surface area contributed by atoms with Gasteiger partial charge in [-0.05, 0) is 13.3 Å². The molecular weight excluding hydrogens is 240 g/mol. The summed E-state index contributed by atoms with van der Waals surface area (Å²) in [5.74, 6) is -0.268. The van der Waals surface area contributed by atoms with Gasteiger partial charge >= 0.3 is 0 Å². The molecule has 5 unspecified atom stereocenters. The van der Waals surface area contributed by atoms with Crippen LogP contribution in [0.1, 0.15) is 13.3 Å². The lowest BCUT2D eigenvalue weighted by molar-refractivity contribution is -0.0835. The second-order valence-corrected chi connectivity index (χ2v) is 6.28. The number of hydrogen-bond donors (Lipinski definition) is 3. The SMILES string of the molecule is C[C@@H](O)C1CC2SC(N(C)C)=NC2C(O)C1O. The first-order valence-electron chi connectivity index (χ1n) is 5.87. The fourth-order valence-electron chi connectivity index (χ4n) is 2.50. The molecule has 98 valence electrons. The number of aliphatic hydroxyl groups is 3. The molecule has 6 atom stereocenters. The quantitative estimate of drug-likeness (QED) is 0.593. The Balaban J connectivity index is 2.15. The summed E-state index contributed by atoms with van der Waals surface area (Å²) in [5.41, 5.74) is 0. The zero-order valence-electron chi connectivity index (χ0n) is 10.3. The van der Waals surface area contributed by atoms with E-state index in [-0.39, 0.29) is 17.2 Å². The molecular formula is C11H20N2O3S. The summed E-state index contributed by atoms with van der Waals surface area (Å²) in [6, 6.07) is -0.248. The fraction of sp³-hybridized carbons (Fsp3) is 0.909. The monoisotopic (exact) mass is 260 g/mol. The molecule has 6 heteroatoms. The van der Waals surface area contributed by atoms with Gasteiger partial charge in [0.25, 0.3) is 0 Å². The average molecular weight is 260 g/mol. The lowest BCUT2D eigenvalue weighted by Gasteiger charge is -2.39. The Morgan fingerprint density at radius 3 is 2.53 bits per heavy atom. The highest BCUT2D eigenvalue weighted by atomic mass is 32.2. The van der Waals surface area contributed by atoms with Crippen molar-refractivity contribution in [2.24, 2.45) is 10.9 Å². The van der Waals surface area contributed by atoms with E-state index in [1.54, 1.807) is 18.7 Å². The van der Waals surface area contributed by atoms with E-state index in [0.717, 1.165) is 5.17 Å². The normalized spacial score (nSPS) is 42.9. The van der Waals surface area contributed by atoms with Crippen molar-refractivity contribution in [2.75, 3.05) is 14.1 Å². The molecule has 5 nitrogen and oxygen atoms in total. The minimum Gasteiger partial charge on any atom is -0.393 e. The predicted octanol–water partition coefficient (Wildman–Crippen LogP) is -0.490. The molecule has 0 aromatic rings. The van der Waals surface area contributed by atoms with Crippen LogP contribution >= 0.6 is 11.8 Å². The Hall–Kier alpha value is -0.300. The number of amidine groups is 1. The lowest BCUT2D eigenvalue weighted by atomic mass is 9.78. The summed E-state index contributed by atoms with van der Waals surface area (Å²) in [6.45, 7) is 1.66. The van der Waals surface area contributed by atoms with Crippen LogP contribution in [0.15, 0.2) is 4.99 Å². The van der Waals surface area contributed by atoms with Gasteiger partial charge in [0.05, 0.1) is 18.2 Å². The van der Waals surface area contributed by atoms with Crippen LogP contribution in [0.3, 0.4) is 0 Å². The highest BCUT2D eigenvalue weighted by molar-refractivity contribution is 8.14. The van der Waals surface area contributed by atoms with Crippen LogP contribution in [0.4, 0.5) is 0 Å². The first kappa shape index (κ1) is 13.1. The number of thioether (sulfide) groups is 1. The third-order valence-corrected chi connectivity index (χ3v) is 5.00. The van der Waals surface area contributed by atoms with E-state index in [0.29, 0.717) is 6.42 Å². The molecule has 1 fully saturated rings. The number of nitrogens with zero attached hydrogens (tertiary/aromatic N) is 2. The van der Waals surface area contributed by atoms with Gasteiger partial charge in [0.15, 0.2) is 5.17 Å². The maximum Gasteiger partial charge on any atom is 0.159 e. The molecule has 1 saturated carbocycles. The lowest BCUT2D eigenvalue weighted by Crippen LogP contribution is -2.53. The first-order valence-corrected chi connectivity index (χ1v) is 6.75.